The monoisotopic (exact) mass is 473 g/mol. The molecule has 0 amide bonds. The Morgan fingerprint density at radius 1 is 0.528 bits per heavy atom. The molecule has 0 atom stereocenters. The molecule has 0 radical (unpaired) electrons. The fraction of sp³-hybridized carbons (Fsp3) is 0.419. The molecule has 1 rings (SSSR count). The van der Waals surface area contributed by atoms with Gasteiger partial charge in [0, 0.05) is 66.5 Å². The summed E-state index contributed by atoms with van der Waals surface area (Å²) in [5.74, 6) is 40.9. The summed E-state index contributed by atoms with van der Waals surface area (Å²) in [5.41, 5.74) is 0. The second-order valence-electron chi connectivity index (χ2n) is 8.20. The molecule has 0 aromatic rings. The van der Waals surface area contributed by atoms with E-state index in [2.05, 4.69) is 153 Å². The van der Waals surface area contributed by atoms with Gasteiger partial charge in [0.2, 0.25) is 0 Å². The Hall–Kier alpha value is -4.32. The van der Waals surface area contributed by atoms with Crippen molar-refractivity contribution in [2.45, 2.75) is 12.8 Å². The second-order valence-corrected chi connectivity index (χ2v) is 8.20. The van der Waals surface area contributed by atoms with Crippen LogP contribution in [-0.4, -0.2) is 98.9 Å². The standard InChI is InChI=1S/C31H31N5/c1-6-7-8-9-10-11-12-13-14-15-16-17-18-19-20-21-26-34-29-35(27-22-24-32(2)3)31-36(30-34)28-23-25-33(4)5/h1H,22-25,27-31H2,2-5H3. The van der Waals surface area contributed by atoms with E-state index in [1.165, 1.54) is 0 Å². The Morgan fingerprint density at radius 2 is 0.889 bits per heavy atom. The lowest BCUT2D eigenvalue weighted by Crippen LogP contribution is -2.54. The molecule has 0 aromatic carbocycles. The number of nitrogens with zero attached hydrogens (tertiary/aromatic N) is 5. The van der Waals surface area contributed by atoms with E-state index >= 15 is 0 Å². The molecule has 0 spiro atoms. The van der Waals surface area contributed by atoms with Crippen molar-refractivity contribution in [2.75, 3.05) is 74.4 Å². The molecule has 1 saturated heterocycles. The van der Waals surface area contributed by atoms with Gasteiger partial charge >= 0.3 is 0 Å². The van der Waals surface area contributed by atoms with E-state index in [0.717, 1.165) is 59.0 Å². The Bertz CT molecular complexity index is 1230. The minimum Gasteiger partial charge on any atom is -0.309 e. The molecule has 0 saturated carbocycles. The summed E-state index contributed by atoms with van der Waals surface area (Å²) in [5, 5.41) is 0. The molecule has 5 heteroatoms. The summed E-state index contributed by atoms with van der Waals surface area (Å²) in [6, 6.07) is 3.16. The van der Waals surface area contributed by atoms with E-state index in [-0.39, 0.29) is 0 Å². The second kappa shape index (κ2) is 20.1. The third-order valence-corrected chi connectivity index (χ3v) is 4.46. The van der Waals surface area contributed by atoms with Crippen LogP contribution in [0.2, 0.25) is 0 Å². The highest BCUT2D eigenvalue weighted by molar-refractivity contribution is 5.46. The van der Waals surface area contributed by atoms with Gasteiger partial charge in [-0.3, -0.25) is 9.80 Å². The lowest BCUT2D eigenvalue weighted by Gasteiger charge is -2.41. The molecule has 1 fully saturated rings. The Morgan fingerprint density at radius 3 is 1.25 bits per heavy atom. The minimum atomic E-state index is 0.814. The zero-order valence-electron chi connectivity index (χ0n) is 21.7. The fourth-order valence-electron chi connectivity index (χ4n) is 3.02. The van der Waals surface area contributed by atoms with Gasteiger partial charge in [-0.15, -0.1) is 6.42 Å². The first kappa shape index (κ1) is 29.7. The summed E-state index contributed by atoms with van der Waals surface area (Å²) < 4.78 is 0. The lowest BCUT2D eigenvalue weighted by molar-refractivity contribution is -0.00178. The van der Waals surface area contributed by atoms with Crippen molar-refractivity contribution in [1.82, 2.24) is 24.5 Å². The van der Waals surface area contributed by atoms with Gasteiger partial charge < -0.3 is 14.7 Å². The minimum absolute atomic E-state index is 0.814. The van der Waals surface area contributed by atoms with Crippen LogP contribution in [0.25, 0.3) is 0 Å². The summed E-state index contributed by atoms with van der Waals surface area (Å²) in [4.78, 5) is 11.4. The third kappa shape index (κ3) is 17.2. The Labute approximate surface area is 218 Å². The third-order valence-electron chi connectivity index (χ3n) is 4.46. The molecule has 1 aliphatic heterocycles. The van der Waals surface area contributed by atoms with E-state index in [0.29, 0.717) is 0 Å². The molecule has 1 aliphatic rings. The van der Waals surface area contributed by atoms with Crippen LogP contribution in [0.15, 0.2) is 0 Å². The normalized spacial score (nSPS) is 11.8. The van der Waals surface area contributed by atoms with E-state index in [9.17, 15) is 0 Å². The largest absolute Gasteiger partial charge is 0.309 e. The van der Waals surface area contributed by atoms with Crippen molar-refractivity contribution in [2.24, 2.45) is 0 Å². The van der Waals surface area contributed by atoms with Crippen LogP contribution >= 0.6 is 0 Å². The zero-order valence-corrected chi connectivity index (χ0v) is 21.7. The first-order valence-electron chi connectivity index (χ1n) is 11.5. The predicted molar refractivity (Wildman–Crippen MR) is 147 cm³/mol. The number of terminal acetylenes is 1. The van der Waals surface area contributed by atoms with Crippen LogP contribution in [-0.2, 0) is 0 Å². The summed E-state index contributed by atoms with van der Waals surface area (Å²) in [6.45, 7) is 6.83. The SMILES string of the molecule is C#CC#CC#CC#CC#CC#CC#CC#CC#CN1CN(CCCN(C)C)CN(CCCN(C)C)C1. The fourth-order valence-corrected chi connectivity index (χ4v) is 3.02. The predicted octanol–water partition coefficient (Wildman–Crippen LogP) is 0.300. The van der Waals surface area contributed by atoms with Crippen LogP contribution < -0.4 is 0 Å². The lowest BCUT2D eigenvalue weighted by atomic mass is 10.3. The van der Waals surface area contributed by atoms with Crippen LogP contribution in [0.4, 0.5) is 0 Å². The van der Waals surface area contributed by atoms with Crippen molar-refractivity contribution in [3.63, 3.8) is 0 Å². The molecular weight excluding hydrogens is 442 g/mol. The average Bonchev–Trinajstić information content (AvgIpc) is 2.83. The summed E-state index contributed by atoms with van der Waals surface area (Å²) >= 11 is 0. The van der Waals surface area contributed by atoms with Gasteiger partial charge in [0.1, 0.15) is 0 Å². The molecule has 0 bridgehead atoms. The topological polar surface area (TPSA) is 16.2 Å². The van der Waals surface area contributed by atoms with E-state index in [4.69, 9.17) is 6.42 Å². The van der Waals surface area contributed by atoms with E-state index < -0.39 is 0 Å². The highest BCUT2D eigenvalue weighted by Gasteiger charge is 2.21. The molecule has 0 aromatic heterocycles. The molecule has 36 heavy (non-hydrogen) atoms. The summed E-state index contributed by atoms with van der Waals surface area (Å²) in [6.07, 6.45) is 7.22. The molecule has 5 nitrogen and oxygen atoms in total. The quantitative estimate of drug-likeness (QED) is 0.470. The van der Waals surface area contributed by atoms with Crippen molar-refractivity contribution in [3.8, 4) is 107 Å². The maximum absolute atomic E-state index is 4.97. The average molecular weight is 474 g/mol. The van der Waals surface area contributed by atoms with E-state index in [1.807, 2.05) is 0 Å². The molecule has 0 aliphatic carbocycles. The van der Waals surface area contributed by atoms with Gasteiger partial charge in [-0.1, -0.05) is 0 Å². The van der Waals surface area contributed by atoms with Crippen LogP contribution in [0.3, 0.4) is 0 Å². The maximum atomic E-state index is 4.97. The van der Waals surface area contributed by atoms with Gasteiger partial charge in [0.05, 0.1) is 20.0 Å². The summed E-state index contributed by atoms with van der Waals surface area (Å²) in [7, 11) is 8.43. The number of hydrogen-bond donors (Lipinski definition) is 0. The molecule has 1 heterocycles. The van der Waals surface area contributed by atoms with Gasteiger partial charge in [-0.25, -0.2) is 0 Å². The van der Waals surface area contributed by atoms with Gasteiger partial charge in [-0.2, -0.15) is 0 Å². The highest BCUT2D eigenvalue weighted by Crippen LogP contribution is 2.08. The molecule has 0 unspecified atom stereocenters. The Kier molecular flexibility index (Phi) is 16.6. The smallest absolute Gasteiger partial charge is 0.0808 e. The van der Waals surface area contributed by atoms with Crippen molar-refractivity contribution in [3.05, 3.63) is 0 Å². The number of rotatable bonds is 8. The highest BCUT2D eigenvalue weighted by atomic mass is 15.5. The van der Waals surface area contributed by atoms with Gasteiger partial charge in [0.25, 0.3) is 0 Å². The van der Waals surface area contributed by atoms with Gasteiger partial charge in [-0.05, 0) is 101 Å². The van der Waals surface area contributed by atoms with Crippen molar-refractivity contribution < 1.29 is 0 Å². The van der Waals surface area contributed by atoms with Crippen LogP contribution in [0, 0.1) is 107 Å². The molecule has 0 N–H and O–H groups in total. The first-order valence-corrected chi connectivity index (χ1v) is 11.5. The van der Waals surface area contributed by atoms with Crippen molar-refractivity contribution >= 4 is 0 Å². The van der Waals surface area contributed by atoms with Crippen LogP contribution in [0.5, 0.6) is 0 Å². The van der Waals surface area contributed by atoms with Crippen LogP contribution in [0.1, 0.15) is 12.8 Å². The number of hydrogen-bond acceptors (Lipinski definition) is 5. The van der Waals surface area contributed by atoms with E-state index in [1.54, 1.807) is 0 Å². The first-order chi connectivity index (χ1) is 17.5. The zero-order chi connectivity index (χ0) is 26.3. The Balaban J connectivity index is 2.61. The maximum Gasteiger partial charge on any atom is 0.0808 e. The molecular formula is C31H31N5. The van der Waals surface area contributed by atoms with Crippen molar-refractivity contribution in [1.29, 1.82) is 0 Å². The van der Waals surface area contributed by atoms with Gasteiger partial charge in [0.15, 0.2) is 0 Å². The molecule has 180 valence electrons.